The van der Waals surface area contributed by atoms with Crippen molar-refractivity contribution in [3.8, 4) is 11.5 Å². The van der Waals surface area contributed by atoms with E-state index in [1.54, 1.807) is 0 Å². The number of ether oxygens (including phenoxy) is 2. The fraction of sp³-hybridized carbons (Fsp3) is 0.571. The molecule has 1 atom stereocenters. The molecule has 0 amide bonds. The summed E-state index contributed by atoms with van der Waals surface area (Å²) < 4.78 is 38.3. The van der Waals surface area contributed by atoms with Crippen LogP contribution >= 0.6 is 12.4 Å². The number of nitro groups is 1. The fourth-order valence-corrected chi connectivity index (χ4v) is 3.83. The summed E-state index contributed by atoms with van der Waals surface area (Å²) in [5.41, 5.74) is 5.04. The van der Waals surface area contributed by atoms with Crippen LogP contribution in [0.1, 0.15) is 26.2 Å². The lowest BCUT2D eigenvalue weighted by Crippen LogP contribution is -2.40. The van der Waals surface area contributed by atoms with Gasteiger partial charge in [-0.2, -0.15) is 0 Å². The van der Waals surface area contributed by atoms with Crippen LogP contribution in [0.2, 0.25) is 0 Å². The molecule has 0 bridgehead atoms. The highest BCUT2D eigenvalue weighted by molar-refractivity contribution is 7.89. The lowest BCUT2D eigenvalue weighted by Gasteiger charge is -2.20. The van der Waals surface area contributed by atoms with Crippen LogP contribution in [0.3, 0.4) is 0 Å². The smallest absolute Gasteiger partial charge is 0.293 e. The molecule has 1 aliphatic rings. The molecule has 1 aromatic carbocycles. The van der Waals surface area contributed by atoms with Crippen LogP contribution < -0.4 is 19.9 Å². The molecule has 1 aliphatic heterocycles. The summed E-state index contributed by atoms with van der Waals surface area (Å²) in [4.78, 5) is 10.1. The van der Waals surface area contributed by atoms with Gasteiger partial charge in [0.2, 0.25) is 10.0 Å². The zero-order chi connectivity index (χ0) is 17.7. The molecule has 3 N–H and O–H groups in total. The van der Waals surface area contributed by atoms with Gasteiger partial charge < -0.3 is 15.2 Å². The monoisotopic (exact) mass is 395 g/mol. The van der Waals surface area contributed by atoms with E-state index in [4.69, 9.17) is 15.2 Å². The highest BCUT2D eigenvalue weighted by Gasteiger charge is 2.31. The van der Waals surface area contributed by atoms with Gasteiger partial charge in [-0.3, -0.25) is 10.1 Å². The first-order valence-electron chi connectivity index (χ1n) is 7.69. The zero-order valence-corrected chi connectivity index (χ0v) is 15.4. The van der Waals surface area contributed by atoms with Crippen LogP contribution in [0.15, 0.2) is 17.0 Å². The SMILES string of the molecule is CCCCC(CN)NS(=O)(=O)c1cc2c(cc1[N+](=O)[O-])OCCO2.Cl. The minimum Gasteiger partial charge on any atom is -0.486 e. The Bertz CT molecular complexity index is 713. The Morgan fingerprint density at radius 1 is 1.32 bits per heavy atom. The van der Waals surface area contributed by atoms with Gasteiger partial charge in [0, 0.05) is 18.7 Å². The van der Waals surface area contributed by atoms with E-state index in [1.807, 2.05) is 6.92 Å². The van der Waals surface area contributed by atoms with Crippen LogP contribution in [0.5, 0.6) is 11.5 Å². The molecule has 1 heterocycles. The summed E-state index contributed by atoms with van der Waals surface area (Å²) in [6.07, 6.45) is 2.25. The summed E-state index contributed by atoms with van der Waals surface area (Å²) in [5.74, 6) is 0.332. The lowest BCUT2D eigenvalue weighted by atomic mass is 10.1. The summed E-state index contributed by atoms with van der Waals surface area (Å²) in [5, 5.41) is 11.3. The first kappa shape index (κ1) is 21.4. The number of hydrogen-bond donors (Lipinski definition) is 2. The Morgan fingerprint density at radius 3 is 2.44 bits per heavy atom. The number of nitro benzene ring substituents is 1. The maximum atomic E-state index is 12.6. The largest absolute Gasteiger partial charge is 0.486 e. The number of nitrogens with two attached hydrogens (primary N) is 1. The van der Waals surface area contributed by atoms with Gasteiger partial charge in [0.1, 0.15) is 13.2 Å². The summed E-state index contributed by atoms with van der Waals surface area (Å²) in [7, 11) is -4.12. The number of hydrogen-bond acceptors (Lipinski definition) is 7. The minimum absolute atomic E-state index is 0. The molecule has 0 saturated heterocycles. The number of benzene rings is 1. The second-order valence-electron chi connectivity index (χ2n) is 5.42. The van der Waals surface area contributed by atoms with Gasteiger partial charge in [-0.15, -0.1) is 12.4 Å². The van der Waals surface area contributed by atoms with E-state index in [0.717, 1.165) is 25.0 Å². The van der Waals surface area contributed by atoms with Gasteiger partial charge in [0.15, 0.2) is 16.4 Å². The van der Waals surface area contributed by atoms with E-state index in [1.165, 1.54) is 0 Å². The molecule has 9 nitrogen and oxygen atoms in total. The number of halogens is 1. The lowest BCUT2D eigenvalue weighted by molar-refractivity contribution is -0.388. The van der Waals surface area contributed by atoms with Crippen molar-refractivity contribution in [1.82, 2.24) is 4.72 Å². The summed E-state index contributed by atoms with van der Waals surface area (Å²) in [6.45, 7) is 2.59. The van der Waals surface area contributed by atoms with E-state index in [-0.39, 0.29) is 43.7 Å². The molecule has 1 unspecified atom stereocenters. The average molecular weight is 396 g/mol. The maximum absolute atomic E-state index is 12.6. The third-order valence-electron chi connectivity index (χ3n) is 3.62. The Morgan fingerprint density at radius 2 is 1.92 bits per heavy atom. The Labute approximate surface area is 152 Å². The van der Waals surface area contributed by atoms with Gasteiger partial charge in [-0.25, -0.2) is 13.1 Å². The quantitative estimate of drug-likeness (QED) is 0.504. The van der Waals surface area contributed by atoms with E-state index in [9.17, 15) is 18.5 Å². The average Bonchev–Trinajstić information content (AvgIpc) is 2.57. The van der Waals surface area contributed by atoms with Crippen LogP contribution in [0.25, 0.3) is 0 Å². The molecule has 0 spiro atoms. The Kier molecular flexibility index (Phi) is 7.87. The van der Waals surface area contributed by atoms with Crippen LogP contribution in [-0.2, 0) is 10.0 Å². The number of unbranched alkanes of at least 4 members (excludes halogenated alkanes) is 1. The van der Waals surface area contributed by atoms with Crippen molar-refractivity contribution in [3.63, 3.8) is 0 Å². The van der Waals surface area contributed by atoms with Crippen molar-refractivity contribution in [2.45, 2.75) is 37.1 Å². The predicted molar refractivity (Wildman–Crippen MR) is 94.0 cm³/mol. The third-order valence-corrected chi connectivity index (χ3v) is 5.17. The number of nitrogens with zero attached hydrogens (tertiary/aromatic N) is 1. The molecule has 1 aromatic rings. The standard InChI is InChI=1S/C14H21N3O6S.ClH/c1-2-3-4-10(9-15)16-24(20,21)14-8-13-12(22-5-6-23-13)7-11(14)17(18)19;/h7-8,10,16H,2-6,9,15H2,1H3;1H. The van der Waals surface area contributed by atoms with Crippen molar-refractivity contribution in [3.05, 3.63) is 22.2 Å². The summed E-state index contributed by atoms with van der Waals surface area (Å²) in [6, 6.07) is 1.72. The molecule has 0 radical (unpaired) electrons. The summed E-state index contributed by atoms with van der Waals surface area (Å²) >= 11 is 0. The molecule has 25 heavy (non-hydrogen) atoms. The first-order chi connectivity index (χ1) is 11.4. The number of sulfonamides is 1. The molecular weight excluding hydrogens is 374 g/mol. The Balaban J connectivity index is 0.00000312. The highest BCUT2D eigenvalue weighted by atomic mass is 35.5. The van der Waals surface area contributed by atoms with Crippen LogP contribution in [0.4, 0.5) is 5.69 Å². The number of rotatable bonds is 8. The van der Waals surface area contributed by atoms with E-state index in [2.05, 4.69) is 4.72 Å². The molecule has 0 saturated carbocycles. The molecule has 0 aliphatic carbocycles. The van der Waals surface area contributed by atoms with E-state index >= 15 is 0 Å². The van der Waals surface area contributed by atoms with Crippen molar-refractivity contribution < 1.29 is 22.8 Å². The van der Waals surface area contributed by atoms with Crippen molar-refractivity contribution in [2.24, 2.45) is 5.73 Å². The molecule has 11 heteroatoms. The van der Waals surface area contributed by atoms with E-state index in [0.29, 0.717) is 6.42 Å². The number of nitrogens with one attached hydrogen (secondary N) is 1. The molecule has 0 aromatic heterocycles. The van der Waals surface area contributed by atoms with Gasteiger partial charge in [0.05, 0.1) is 11.0 Å². The second kappa shape index (κ2) is 9.18. The normalized spacial score (nSPS) is 14.5. The Hall–Kier alpha value is -1.62. The van der Waals surface area contributed by atoms with Gasteiger partial charge >= 0.3 is 0 Å². The molecular formula is C14H22ClN3O6S. The van der Waals surface area contributed by atoms with Crippen molar-refractivity contribution in [1.29, 1.82) is 0 Å². The predicted octanol–water partition coefficient (Wildman–Crippen LogP) is 1.58. The molecule has 142 valence electrons. The van der Waals surface area contributed by atoms with Crippen molar-refractivity contribution in [2.75, 3.05) is 19.8 Å². The second-order valence-corrected chi connectivity index (χ2v) is 7.10. The van der Waals surface area contributed by atoms with Crippen molar-refractivity contribution >= 4 is 28.1 Å². The van der Waals surface area contributed by atoms with Gasteiger partial charge in [-0.05, 0) is 6.42 Å². The minimum atomic E-state index is -4.12. The van der Waals surface area contributed by atoms with Gasteiger partial charge in [-0.1, -0.05) is 19.8 Å². The third kappa shape index (κ3) is 5.18. The topological polar surface area (TPSA) is 134 Å². The van der Waals surface area contributed by atoms with Crippen LogP contribution in [-0.4, -0.2) is 39.1 Å². The number of fused-ring (bicyclic) bond motifs is 1. The molecule has 0 fully saturated rings. The fourth-order valence-electron chi connectivity index (χ4n) is 2.38. The highest BCUT2D eigenvalue weighted by Crippen LogP contribution is 2.38. The van der Waals surface area contributed by atoms with Crippen LogP contribution in [0, 0.1) is 10.1 Å². The maximum Gasteiger partial charge on any atom is 0.293 e. The van der Waals surface area contributed by atoms with E-state index < -0.39 is 31.6 Å². The molecule has 2 rings (SSSR count). The first-order valence-corrected chi connectivity index (χ1v) is 9.17. The zero-order valence-electron chi connectivity index (χ0n) is 13.8. The van der Waals surface area contributed by atoms with Gasteiger partial charge in [0.25, 0.3) is 5.69 Å².